The molecule has 0 rings (SSSR count). The molecular formula is C12H25N2O4S+. The van der Waals surface area contributed by atoms with E-state index in [1.807, 2.05) is 0 Å². The maximum atomic E-state index is 10.9. The lowest BCUT2D eigenvalue weighted by Gasteiger charge is -2.29. The summed E-state index contributed by atoms with van der Waals surface area (Å²) < 4.78 is 30.5. The smallest absolute Gasteiger partial charge is 0.264 e. The molecular weight excluding hydrogens is 268 g/mol. The van der Waals surface area contributed by atoms with E-state index in [1.54, 1.807) is 0 Å². The van der Waals surface area contributed by atoms with Gasteiger partial charge in [-0.05, 0) is 18.9 Å². The number of carbonyl (C=O) groups excluding carboxylic acids is 1. The first-order valence-electron chi connectivity index (χ1n) is 6.34. The van der Waals surface area contributed by atoms with Crippen LogP contribution in [0.1, 0.15) is 19.3 Å². The van der Waals surface area contributed by atoms with E-state index in [0.29, 0.717) is 13.0 Å². The fourth-order valence-corrected chi connectivity index (χ4v) is 2.30. The molecule has 0 atom stereocenters. The normalized spacial score (nSPS) is 12.2. The highest BCUT2D eigenvalue weighted by Gasteiger charge is 2.14. The third-order valence-electron chi connectivity index (χ3n) is 2.84. The van der Waals surface area contributed by atoms with Crippen LogP contribution in [0, 0.1) is 0 Å². The van der Waals surface area contributed by atoms with Crippen LogP contribution in [0.3, 0.4) is 0 Å². The Hall–Kier alpha value is -0.920. The Kier molecular flexibility index (Phi) is 7.89. The van der Waals surface area contributed by atoms with Crippen molar-refractivity contribution in [3.8, 4) is 0 Å². The average Bonchev–Trinajstić information content (AvgIpc) is 2.29. The number of rotatable bonds is 10. The monoisotopic (exact) mass is 293 g/mol. The van der Waals surface area contributed by atoms with Gasteiger partial charge in [0, 0.05) is 13.0 Å². The molecule has 0 saturated carbocycles. The van der Waals surface area contributed by atoms with E-state index >= 15 is 0 Å². The zero-order chi connectivity index (χ0) is 14.9. The second-order valence-electron chi connectivity index (χ2n) is 5.22. The van der Waals surface area contributed by atoms with E-state index in [9.17, 15) is 13.2 Å². The Bertz CT molecular complexity index is 391. The molecule has 0 fully saturated rings. The quantitative estimate of drug-likeness (QED) is 0.265. The van der Waals surface area contributed by atoms with Gasteiger partial charge in [0.25, 0.3) is 10.1 Å². The van der Waals surface area contributed by atoms with E-state index in [0.717, 1.165) is 30.4 Å². The lowest BCUT2D eigenvalue weighted by molar-refractivity contribution is -0.890. The SMILES string of the molecule is C=CC(=O)NCCC[N+](C)(C)CCCCS(=O)(=O)O. The minimum atomic E-state index is -3.84. The van der Waals surface area contributed by atoms with Gasteiger partial charge in [-0.2, -0.15) is 8.42 Å². The van der Waals surface area contributed by atoms with Crippen LogP contribution in [0.25, 0.3) is 0 Å². The third kappa shape index (κ3) is 11.9. The minimum absolute atomic E-state index is 0.168. The predicted octanol–water partition coefficient (Wildman–Crippen LogP) is 0.423. The van der Waals surface area contributed by atoms with Gasteiger partial charge >= 0.3 is 0 Å². The van der Waals surface area contributed by atoms with Crippen LogP contribution in [0.5, 0.6) is 0 Å². The molecule has 6 nitrogen and oxygen atoms in total. The summed E-state index contributed by atoms with van der Waals surface area (Å²) in [5.74, 6) is -0.346. The molecule has 1 amide bonds. The van der Waals surface area contributed by atoms with Crippen LogP contribution in [0.4, 0.5) is 0 Å². The minimum Gasteiger partial charge on any atom is -0.352 e. The second kappa shape index (κ2) is 8.29. The summed E-state index contributed by atoms with van der Waals surface area (Å²) in [7, 11) is 0.278. The van der Waals surface area contributed by atoms with E-state index in [2.05, 4.69) is 26.0 Å². The lowest BCUT2D eigenvalue weighted by Crippen LogP contribution is -2.42. The van der Waals surface area contributed by atoms with E-state index < -0.39 is 10.1 Å². The van der Waals surface area contributed by atoms with Gasteiger partial charge in [-0.25, -0.2) is 0 Å². The van der Waals surface area contributed by atoms with Crippen LogP contribution < -0.4 is 5.32 Å². The highest BCUT2D eigenvalue weighted by Crippen LogP contribution is 2.04. The molecule has 0 spiro atoms. The number of amides is 1. The highest BCUT2D eigenvalue weighted by atomic mass is 32.2. The molecule has 0 aromatic rings. The summed E-state index contributed by atoms with van der Waals surface area (Å²) in [6, 6.07) is 0. The molecule has 0 aromatic heterocycles. The first-order valence-corrected chi connectivity index (χ1v) is 7.95. The van der Waals surface area contributed by atoms with E-state index in [1.165, 1.54) is 6.08 Å². The standard InChI is InChI=1S/C12H24N2O4S/c1-4-12(15)13-8-7-10-14(2,3)9-5-6-11-19(16,17)18/h4H,1,5-11H2,2-3H3,(H-,13,15,16,17,18)/p+1. The zero-order valence-corrected chi connectivity index (χ0v) is 12.6. The molecule has 0 heterocycles. The number of unbranched alkanes of at least 4 members (excludes halogenated alkanes) is 1. The maximum Gasteiger partial charge on any atom is 0.264 e. The summed E-state index contributed by atoms with van der Waals surface area (Å²) in [5, 5.41) is 2.71. The van der Waals surface area contributed by atoms with Gasteiger partial charge in [0.1, 0.15) is 0 Å². The first-order chi connectivity index (χ1) is 8.66. The van der Waals surface area contributed by atoms with E-state index in [-0.39, 0.29) is 11.7 Å². The van der Waals surface area contributed by atoms with Crippen molar-refractivity contribution in [1.29, 1.82) is 0 Å². The Morgan fingerprint density at radius 3 is 2.37 bits per heavy atom. The van der Waals surface area contributed by atoms with Gasteiger partial charge in [0.15, 0.2) is 0 Å². The van der Waals surface area contributed by atoms with Crippen LogP contribution in [0.2, 0.25) is 0 Å². The van der Waals surface area contributed by atoms with Crippen molar-refractivity contribution in [3.63, 3.8) is 0 Å². The number of hydrogen-bond acceptors (Lipinski definition) is 3. The van der Waals surface area contributed by atoms with Crippen LogP contribution in [-0.4, -0.2) is 62.8 Å². The van der Waals surface area contributed by atoms with Crippen molar-refractivity contribution < 1.29 is 22.2 Å². The summed E-state index contributed by atoms with van der Waals surface area (Å²) in [6.07, 6.45) is 3.31. The van der Waals surface area contributed by atoms with Crippen molar-refractivity contribution in [2.45, 2.75) is 19.3 Å². The molecule has 7 heteroatoms. The molecule has 0 bridgehead atoms. The topological polar surface area (TPSA) is 83.5 Å². The zero-order valence-electron chi connectivity index (χ0n) is 11.8. The number of nitrogens with one attached hydrogen (secondary N) is 1. The predicted molar refractivity (Wildman–Crippen MR) is 75.3 cm³/mol. The van der Waals surface area contributed by atoms with Crippen molar-refractivity contribution in [2.75, 3.05) is 39.5 Å². The Morgan fingerprint density at radius 2 is 1.84 bits per heavy atom. The lowest BCUT2D eigenvalue weighted by atomic mass is 10.2. The molecule has 0 radical (unpaired) electrons. The molecule has 0 aliphatic carbocycles. The fraction of sp³-hybridized carbons (Fsp3) is 0.750. The van der Waals surface area contributed by atoms with Crippen molar-refractivity contribution in [1.82, 2.24) is 5.32 Å². The number of carbonyl (C=O) groups is 1. The maximum absolute atomic E-state index is 10.9. The van der Waals surface area contributed by atoms with Gasteiger partial charge < -0.3 is 9.80 Å². The molecule has 0 aliphatic rings. The summed E-state index contributed by atoms with van der Waals surface area (Å²) in [6.45, 7) is 5.71. The van der Waals surface area contributed by atoms with Gasteiger partial charge in [-0.1, -0.05) is 6.58 Å². The molecule has 0 aliphatic heterocycles. The summed E-state index contributed by atoms with van der Waals surface area (Å²) in [4.78, 5) is 10.9. The summed E-state index contributed by atoms with van der Waals surface area (Å²) in [5.41, 5.74) is 0. The van der Waals surface area contributed by atoms with Gasteiger partial charge in [0.2, 0.25) is 5.91 Å². The van der Waals surface area contributed by atoms with Gasteiger partial charge in [-0.3, -0.25) is 9.35 Å². The largest absolute Gasteiger partial charge is 0.352 e. The van der Waals surface area contributed by atoms with E-state index in [4.69, 9.17) is 4.55 Å². The molecule has 0 aromatic carbocycles. The average molecular weight is 293 g/mol. The Morgan fingerprint density at radius 1 is 1.26 bits per heavy atom. The van der Waals surface area contributed by atoms with Crippen LogP contribution in [-0.2, 0) is 14.9 Å². The van der Waals surface area contributed by atoms with Crippen molar-refractivity contribution in [3.05, 3.63) is 12.7 Å². The molecule has 0 saturated heterocycles. The van der Waals surface area contributed by atoms with Crippen molar-refractivity contribution >= 4 is 16.0 Å². The molecule has 112 valence electrons. The molecule has 2 N–H and O–H groups in total. The number of nitrogens with zero attached hydrogens (tertiary/aromatic N) is 1. The van der Waals surface area contributed by atoms with Gasteiger partial charge in [-0.15, -0.1) is 0 Å². The third-order valence-corrected chi connectivity index (χ3v) is 3.65. The van der Waals surface area contributed by atoms with Crippen LogP contribution >= 0.6 is 0 Å². The first kappa shape index (κ1) is 18.1. The van der Waals surface area contributed by atoms with Gasteiger partial charge in [0.05, 0.1) is 32.9 Å². The molecule has 19 heavy (non-hydrogen) atoms. The Labute approximate surface area is 115 Å². The fourth-order valence-electron chi connectivity index (χ4n) is 1.73. The highest BCUT2D eigenvalue weighted by molar-refractivity contribution is 7.85. The second-order valence-corrected chi connectivity index (χ2v) is 6.80. The number of hydrogen-bond donors (Lipinski definition) is 2. The number of quaternary nitrogens is 1. The molecule has 0 unspecified atom stereocenters. The van der Waals surface area contributed by atoms with Crippen LogP contribution in [0.15, 0.2) is 12.7 Å². The Balaban J connectivity index is 3.74. The van der Waals surface area contributed by atoms with Crippen molar-refractivity contribution in [2.24, 2.45) is 0 Å². The summed E-state index contributed by atoms with van der Waals surface area (Å²) >= 11 is 0.